The molecule has 3 rings (SSSR count). The van der Waals surface area contributed by atoms with E-state index in [0.29, 0.717) is 5.56 Å². The van der Waals surface area contributed by atoms with Crippen LogP contribution in [0.3, 0.4) is 0 Å². The molecule has 0 spiro atoms. The van der Waals surface area contributed by atoms with Crippen LogP contribution in [0.25, 0.3) is 0 Å². The van der Waals surface area contributed by atoms with Gasteiger partial charge < -0.3 is 5.32 Å². The Kier molecular flexibility index (Phi) is 6.06. The molecular formula is C22H19ClN2O3. The number of benzene rings is 2. The Labute approximate surface area is 167 Å². The van der Waals surface area contributed by atoms with E-state index in [1.165, 1.54) is 18.3 Å². The molecule has 0 aliphatic heterocycles. The lowest BCUT2D eigenvalue weighted by Crippen LogP contribution is -2.42. The van der Waals surface area contributed by atoms with Gasteiger partial charge >= 0.3 is 0 Å². The van der Waals surface area contributed by atoms with E-state index in [1.807, 2.05) is 37.3 Å². The molecule has 1 aromatic heterocycles. The van der Waals surface area contributed by atoms with Crippen molar-refractivity contribution in [3.63, 3.8) is 0 Å². The fourth-order valence-electron chi connectivity index (χ4n) is 2.93. The summed E-state index contributed by atoms with van der Waals surface area (Å²) in [5, 5.41) is 3.09. The number of nitrogens with zero attached hydrogens (tertiary/aromatic N) is 1. The predicted molar refractivity (Wildman–Crippen MR) is 109 cm³/mol. The van der Waals surface area contributed by atoms with Crippen LogP contribution >= 0.6 is 11.6 Å². The molecule has 0 saturated carbocycles. The monoisotopic (exact) mass is 394 g/mol. The van der Waals surface area contributed by atoms with Crippen molar-refractivity contribution in [2.75, 3.05) is 0 Å². The number of hydrogen-bond acceptors (Lipinski definition) is 3. The fourth-order valence-corrected chi connectivity index (χ4v) is 3.10. The maximum absolute atomic E-state index is 13.1. The molecule has 142 valence electrons. The van der Waals surface area contributed by atoms with Crippen molar-refractivity contribution < 1.29 is 9.59 Å². The maximum Gasteiger partial charge on any atom is 0.251 e. The SMILES string of the molecule is C[C@H](NC(=O)[C@H](C(=O)c1ccccc1)n1cc(Cl)ccc1=O)c1ccccc1. The molecule has 5 nitrogen and oxygen atoms in total. The number of pyridine rings is 1. The third-order valence-electron chi connectivity index (χ3n) is 4.39. The van der Waals surface area contributed by atoms with Crippen LogP contribution < -0.4 is 10.9 Å². The number of aromatic nitrogens is 1. The lowest BCUT2D eigenvalue weighted by Gasteiger charge is -2.22. The van der Waals surface area contributed by atoms with Crippen molar-refractivity contribution in [3.05, 3.63) is 105 Å². The predicted octanol–water partition coefficient (Wildman–Crippen LogP) is 3.80. The van der Waals surface area contributed by atoms with Crippen LogP contribution in [0.4, 0.5) is 0 Å². The molecule has 1 amide bonds. The van der Waals surface area contributed by atoms with Crippen molar-refractivity contribution in [2.24, 2.45) is 0 Å². The molecule has 0 aliphatic rings. The number of carbonyl (C=O) groups is 2. The fraction of sp³-hybridized carbons (Fsp3) is 0.136. The second-order valence-corrected chi connectivity index (χ2v) is 6.80. The van der Waals surface area contributed by atoms with Crippen LogP contribution in [0.2, 0.25) is 5.02 Å². The van der Waals surface area contributed by atoms with Gasteiger partial charge in [0.25, 0.3) is 11.5 Å². The summed E-state index contributed by atoms with van der Waals surface area (Å²) in [7, 11) is 0. The molecule has 0 aliphatic carbocycles. The van der Waals surface area contributed by atoms with Gasteiger partial charge in [-0.3, -0.25) is 19.0 Å². The number of halogens is 1. The highest BCUT2D eigenvalue weighted by Gasteiger charge is 2.31. The first-order valence-corrected chi connectivity index (χ1v) is 9.17. The van der Waals surface area contributed by atoms with E-state index in [1.54, 1.807) is 30.3 Å². The van der Waals surface area contributed by atoms with Crippen molar-refractivity contribution in [1.82, 2.24) is 9.88 Å². The zero-order chi connectivity index (χ0) is 20.1. The van der Waals surface area contributed by atoms with Crippen molar-refractivity contribution in [3.8, 4) is 0 Å². The van der Waals surface area contributed by atoms with Crippen LogP contribution in [0, 0.1) is 0 Å². The summed E-state index contributed by atoms with van der Waals surface area (Å²) < 4.78 is 1.07. The lowest BCUT2D eigenvalue weighted by atomic mass is 10.0. The molecule has 3 aromatic rings. The molecule has 0 unspecified atom stereocenters. The molecule has 0 radical (unpaired) electrons. The van der Waals surface area contributed by atoms with Gasteiger partial charge in [0.2, 0.25) is 0 Å². The van der Waals surface area contributed by atoms with Crippen LogP contribution in [-0.4, -0.2) is 16.3 Å². The van der Waals surface area contributed by atoms with Crippen LogP contribution in [0.15, 0.2) is 83.8 Å². The first-order valence-electron chi connectivity index (χ1n) is 8.79. The summed E-state index contributed by atoms with van der Waals surface area (Å²) in [6.07, 6.45) is 1.31. The molecular weight excluding hydrogens is 376 g/mol. The Morgan fingerprint density at radius 1 is 0.929 bits per heavy atom. The molecule has 0 fully saturated rings. The van der Waals surface area contributed by atoms with E-state index in [-0.39, 0.29) is 11.1 Å². The van der Waals surface area contributed by atoms with Crippen LogP contribution in [-0.2, 0) is 4.79 Å². The quantitative estimate of drug-likeness (QED) is 0.510. The average molecular weight is 395 g/mol. The van der Waals surface area contributed by atoms with Gasteiger partial charge in [0.15, 0.2) is 11.8 Å². The van der Waals surface area contributed by atoms with Gasteiger partial charge in [-0.2, -0.15) is 0 Å². The Morgan fingerprint density at radius 3 is 2.18 bits per heavy atom. The standard InChI is InChI=1S/C22H19ClN2O3/c1-15(16-8-4-2-5-9-16)24-22(28)20(21(27)17-10-6-3-7-11-17)25-14-18(23)12-13-19(25)26/h2-15,20H,1H3,(H,24,28)/t15-,20-/m0/s1. The number of hydrogen-bond donors (Lipinski definition) is 1. The minimum absolute atomic E-state index is 0.259. The zero-order valence-electron chi connectivity index (χ0n) is 15.2. The van der Waals surface area contributed by atoms with Crippen molar-refractivity contribution >= 4 is 23.3 Å². The maximum atomic E-state index is 13.1. The Bertz CT molecular complexity index is 1030. The molecule has 28 heavy (non-hydrogen) atoms. The third kappa shape index (κ3) is 4.38. The Hall–Kier alpha value is -3.18. The molecule has 0 bridgehead atoms. The lowest BCUT2D eigenvalue weighted by molar-refractivity contribution is -0.123. The van der Waals surface area contributed by atoms with Crippen LogP contribution in [0.1, 0.15) is 34.9 Å². The Morgan fingerprint density at radius 2 is 1.54 bits per heavy atom. The number of nitrogens with one attached hydrogen (secondary N) is 1. The van der Waals surface area contributed by atoms with Crippen molar-refractivity contribution in [2.45, 2.75) is 19.0 Å². The molecule has 1 heterocycles. The largest absolute Gasteiger partial charge is 0.347 e. The van der Waals surface area contributed by atoms with Gasteiger partial charge in [0.05, 0.1) is 11.1 Å². The molecule has 2 atom stereocenters. The van der Waals surface area contributed by atoms with Gasteiger partial charge in [-0.25, -0.2) is 0 Å². The summed E-state index contributed by atoms with van der Waals surface area (Å²) in [6.45, 7) is 1.82. The number of rotatable bonds is 6. The van der Waals surface area contributed by atoms with Crippen molar-refractivity contribution in [1.29, 1.82) is 0 Å². The molecule has 6 heteroatoms. The number of Topliss-reactive ketones (excluding diaryl/α,β-unsaturated/α-hetero) is 1. The Balaban J connectivity index is 1.98. The summed E-state index contributed by atoms with van der Waals surface area (Å²) in [5.41, 5.74) is 0.739. The van der Waals surface area contributed by atoms with E-state index < -0.39 is 23.3 Å². The number of amides is 1. The zero-order valence-corrected chi connectivity index (χ0v) is 16.0. The molecule has 1 N–H and O–H groups in total. The molecule has 0 saturated heterocycles. The van der Waals surface area contributed by atoms with E-state index in [2.05, 4.69) is 5.32 Å². The first kappa shape index (κ1) is 19.6. The second kappa shape index (κ2) is 8.67. The van der Waals surface area contributed by atoms with Gasteiger partial charge in [-0.1, -0.05) is 72.3 Å². The van der Waals surface area contributed by atoms with Crippen LogP contribution in [0.5, 0.6) is 0 Å². The van der Waals surface area contributed by atoms with Gasteiger partial charge in [-0.05, 0) is 18.6 Å². The van der Waals surface area contributed by atoms with E-state index in [9.17, 15) is 14.4 Å². The number of carbonyl (C=O) groups excluding carboxylic acids is 2. The third-order valence-corrected chi connectivity index (χ3v) is 4.62. The smallest absolute Gasteiger partial charge is 0.251 e. The minimum Gasteiger partial charge on any atom is -0.347 e. The highest BCUT2D eigenvalue weighted by Crippen LogP contribution is 2.18. The average Bonchev–Trinajstić information content (AvgIpc) is 2.72. The summed E-state index contributed by atoms with van der Waals surface area (Å²) in [6, 6.07) is 18.7. The highest BCUT2D eigenvalue weighted by molar-refractivity contribution is 6.30. The van der Waals surface area contributed by atoms with Gasteiger partial charge in [0, 0.05) is 17.8 Å². The minimum atomic E-state index is -1.36. The first-order chi connectivity index (χ1) is 13.5. The van der Waals surface area contributed by atoms with Gasteiger partial charge in [0.1, 0.15) is 0 Å². The summed E-state index contributed by atoms with van der Waals surface area (Å²) in [5.74, 6) is -1.06. The second-order valence-electron chi connectivity index (χ2n) is 6.37. The molecule has 2 aromatic carbocycles. The van der Waals surface area contributed by atoms with E-state index >= 15 is 0 Å². The number of ketones is 1. The highest BCUT2D eigenvalue weighted by atomic mass is 35.5. The topological polar surface area (TPSA) is 68.2 Å². The van der Waals surface area contributed by atoms with Gasteiger partial charge in [-0.15, -0.1) is 0 Å². The summed E-state index contributed by atoms with van der Waals surface area (Å²) >= 11 is 6.02. The summed E-state index contributed by atoms with van der Waals surface area (Å²) in [4.78, 5) is 38.6. The van der Waals surface area contributed by atoms with E-state index in [0.717, 1.165) is 10.1 Å². The van der Waals surface area contributed by atoms with E-state index in [4.69, 9.17) is 11.6 Å². The normalized spacial score (nSPS) is 12.8.